The second kappa shape index (κ2) is 31.4. The number of allylic oxidation sites excluding steroid dienone is 3. The third kappa shape index (κ3) is 23.0. The van der Waals surface area contributed by atoms with Gasteiger partial charge in [-0.25, -0.2) is 0 Å². The van der Waals surface area contributed by atoms with Gasteiger partial charge in [-0.1, -0.05) is 154 Å². The molecule has 0 radical (unpaired) electrons. The molecular formula is C40H75NO8. The Morgan fingerprint density at radius 2 is 1.16 bits per heavy atom. The monoisotopic (exact) mass is 698 g/mol. The summed E-state index contributed by atoms with van der Waals surface area (Å²) in [5.74, 6) is -0.190. The van der Waals surface area contributed by atoms with Gasteiger partial charge in [0, 0.05) is 6.42 Å². The van der Waals surface area contributed by atoms with E-state index < -0.39 is 49.5 Å². The zero-order valence-corrected chi connectivity index (χ0v) is 31.2. The van der Waals surface area contributed by atoms with E-state index in [1.165, 1.54) is 109 Å². The van der Waals surface area contributed by atoms with Crippen LogP contribution in [0.15, 0.2) is 24.3 Å². The van der Waals surface area contributed by atoms with Gasteiger partial charge in [0.15, 0.2) is 6.29 Å². The zero-order valence-electron chi connectivity index (χ0n) is 31.2. The van der Waals surface area contributed by atoms with Crippen LogP contribution in [0.3, 0.4) is 0 Å². The van der Waals surface area contributed by atoms with Gasteiger partial charge in [-0.15, -0.1) is 0 Å². The minimum absolute atomic E-state index is 0.190. The molecule has 9 nitrogen and oxygen atoms in total. The van der Waals surface area contributed by atoms with Gasteiger partial charge < -0.3 is 40.3 Å². The van der Waals surface area contributed by atoms with Gasteiger partial charge in [-0.2, -0.15) is 0 Å². The first-order valence-electron chi connectivity index (χ1n) is 20.1. The van der Waals surface area contributed by atoms with E-state index >= 15 is 0 Å². The molecule has 7 atom stereocenters. The summed E-state index contributed by atoms with van der Waals surface area (Å²) in [5, 5.41) is 53.9. The van der Waals surface area contributed by atoms with Crippen LogP contribution in [0, 0.1) is 0 Å². The highest BCUT2D eigenvalue weighted by Crippen LogP contribution is 2.22. The van der Waals surface area contributed by atoms with Crippen LogP contribution >= 0.6 is 0 Å². The van der Waals surface area contributed by atoms with Crippen molar-refractivity contribution in [3.05, 3.63) is 24.3 Å². The van der Waals surface area contributed by atoms with Gasteiger partial charge in [-0.05, 0) is 32.1 Å². The number of unbranched alkanes of at least 4 members (excludes halogenated alkanes) is 20. The average Bonchev–Trinajstić information content (AvgIpc) is 3.10. The van der Waals surface area contributed by atoms with Crippen molar-refractivity contribution >= 4 is 5.91 Å². The predicted molar refractivity (Wildman–Crippen MR) is 198 cm³/mol. The van der Waals surface area contributed by atoms with E-state index in [4.69, 9.17) is 9.47 Å². The largest absolute Gasteiger partial charge is 0.394 e. The van der Waals surface area contributed by atoms with Gasteiger partial charge in [0.25, 0.3) is 0 Å². The Bertz CT molecular complexity index is 822. The van der Waals surface area contributed by atoms with E-state index in [0.717, 1.165) is 38.5 Å². The normalized spacial score (nSPS) is 22.6. The number of aliphatic hydroxyl groups excluding tert-OH is 5. The number of amides is 1. The molecule has 0 saturated carbocycles. The number of hydrogen-bond acceptors (Lipinski definition) is 8. The van der Waals surface area contributed by atoms with Crippen LogP contribution in [0.1, 0.15) is 168 Å². The van der Waals surface area contributed by atoms with Gasteiger partial charge >= 0.3 is 0 Å². The third-order valence-electron chi connectivity index (χ3n) is 9.53. The lowest BCUT2D eigenvalue weighted by molar-refractivity contribution is -0.302. The Kier molecular flexibility index (Phi) is 29.3. The number of hydrogen-bond donors (Lipinski definition) is 6. The van der Waals surface area contributed by atoms with Crippen LogP contribution in [-0.2, 0) is 14.3 Å². The summed E-state index contributed by atoms with van der Waals surface area (Å²) in [5.41, 5.74) is 0. The van der Waals surface area contributed by atoms with Crippen LogP contribution in [0.25, 0.3) is 0 Å². The van der Waals surface area contributed by atoms with Crippen molar-refractivity contribution < 1.29 is 39.8 Å². The highest BCUT2D eigenvalue weighted by Gasteiger charge is 2.44. The molecule has 1 aliphatic rings. The van der Waals surface area contributed by atoms with Crippen molar-refractivity contribution in [2.75, 3.05) is 13.2 Å². The fourth-order valence-electron chi connectivity index (χ4n) is 6.23. The summed E-state index contributed by atoms with van der Waals surface area (Å²) < 4.78 is 11.1. The van der Waals surface area contributed by atoms with Crippen LogP contribution in [0.2, 0.25) is 0 Å². The van der Waals surface area contributed by atoms with Crippen LogP contribution in [-0.4, -0.2) is 87.5 Å². The average molecular weight is 698 g/mol. The maximum atomic E-state index is 12.8. The number of aliphatic hydroxyl groups is 5. The molecule has 1 heterocycles. The van der Waals surface area contributed by atoms with Crippen molar-refractivity contribution in [1.82, 2.24) is 5.32 Å². The SMILES string of the molecule is CCCCCCCCCCC/C=C/CC/C=C/[C@@H](O)[C@H](CO[C@@H]1O[C@H](CO)[C@@H](O)C(O)C1O)NC(=O)CCCCCCCCCCCCC. The Labute approximate surface area is 298 Å². The van der Waals surface area contributed by atoms with E-state index in [-0.39, 0.29) is 12.5 Å². The van der Waals surface area contributed by atoms with Gasteiger partial charge in [-0.3, -0.25) is 4.79 Å². The molecule has 2 unspecified atom stereocenters. The van der Waals surface area contributed by atoms with E-state index in [9.17, 15) is 30.3 Å². The maximum Gasteiger partial charge on any atom is 0.220 e. The molecule has 9 heteroatoms. The highest BCUT2D eigenvalue weighted by atomic mass is 16.7. The number of rotatable bonds is 32. The topological polar surface area (TPSA) is 149 Å². The molecule has 1 rings (SSSR count). The van der Waals surface area contributed by atoms with Crippen LogP contribution in [0.5, 0.6) is 0 Å². The van der Waals surface area contributed by atoms with E-state index in [2.05, 4.69) is 31.3 Å². The van der Waals surface area contributed by atoms with Crippen LogP contribution < -0.4 is 5.32 Å². The maximum absolute atomic E-state index is 12.8. The molecule has 0 aromatic carbocycles. The fraction of sp³-hybridized carbons (Fsp3) is 0.875. The second-order valence-corrected chi connectivity index (χ2v) is 14.1. The fourth-order valence-corrected chi connectivity index (χ4v) is 6.23. The third-order valence-corrected chi connectivity index (χ3v) is 9.53. The second-order valence-electron chi connectivity index (χ2n) is 14.1. The van der Waals surface area contributed by atoms with Gasteiger partial charge in [0.2, 0.25) is 5.91 Å². The van der Waals surface area contributed by atoms with Crippen molar-refractivity contribution in [3.8, 4) is 0 Å². The summed E-state index contributed by atoms with van der Waals surface area (Å²) in [4.78, 5) is 12.8. The standard InChI is InChI=1S/C40H75NO8/c1-3-5-7-9-11-13-15-16-17-18-20-21-23-25-27-29-34(43)33(32-48-40-39(47)38(46)37(45)35(31-42)49-40)41-36(44)30-28-26-24-22-19-14-12-10-8-6-4-2/h20-21,27,29,33-35,37-40,42-43,45-47H,3-19,22-26,28,30-32H2,1-2H3,(H,41,44)/b21-20+,29-27+/t33-,34+,35+,37+,38?,39?,40+/m0/s1. The predicted octanol–water partition coefficient (Wildman–Crippen LogP) is 7.16. The van der Waals surface area contributed by atoms with Crippen molar-refractivity contribution in [3.63, 3.8) is 0 Å². The summed E-state index contributed by atoms with van der Waals surface area (Å²) in [6.07, 6.45) is 27.9. The molecule has 0 bridgehead atoms. The first kappa shape index (κ1) is 45.7. The molecule has 1 amide bonds. The molecular weight excluding hydrogens is 622 g/mol. The molecule has 1 fully saturated rings. The number of carbonyl (C=O) groups is 1. The van der Waals surface area contributed by atoms with Gasteiger partial charge in [0.1, 0.15) is 24.4 Å². The molecule has 1 saturated heterocycles. The molecule has 288 valence electrons. The molecule has 0 aromatic rings. The lowest BCUT2D eigenvalue weighted by atomic mass is 9.99. The number of ether oxygens (including phenoxy) is 2. The minimum Gasteiger partial charge on any atom is -0.394 e. The Hall–Kier alpha value is -1.33. The van der Waals surface area contributed by atoms with Crippen molar-refractivity contribution in [1.29, 1.82) is 0 Å². The highest BCUT2D eigenvalue weighted by molar-refractivity contribution is 5.76. The number of nitrogens with one attached hydrogen (secondary N) is 1. The Morgan fingerprint density at radius 3 is 1.71 bits per heavy atom. The summed E-state index contributed by atoms with van der Waals surface area (Å²) >= 11 is 0. The van der Waals surface area contributed by atoms with E-state index in [0.29, 0.717) is 6.42 Å². The van der Waals surface area contributed by atoms with E-state index in [1.54, 1.807) is 6.08 Å². The Balaban J connectivity index is 2.47. The lowest BCUT2D eigenvalue weighted by Gasteiger charge is -2.40. The van der Waals surface area contributed by atoms with Crippen molar-refractivity contribution in [2.24, 2.45) is 0 Å². The molecule has 0 aromatic heterocycles. The molecule has 49 heavy (non-hydrogen) atoms. The first-order valence-corrected chi connectivity index (χ1v) is 20.1. The quantitative estimate of drug-likeness (QED) is 0.0320. The Morgan fingerprint density at radius 1 is 0.673 bits per heavy atom. The minimum atomic E-state index is -1.57. The number of carbonyl (C=O) groups excluding carboxylic acids is 1. The summed E-state index contributed by atoms with van der Waals surface area (Å²) in [7, 11) is 0. The zero-order chi connectivity index (χ0) is 36.0. The summed E-state index contributed by atoms with van der Waals surface area (Å²) in [6, 6.07) is -0.814. The summed E-state index contributed by atoms with van der Waals surface area (Å²) in [6.45, 7) is 3.72. The molecule has 0 spiro atoms. The lowest BCUT2D eigenvalue weighted by Crippen LogP contribution is -2.60. The van der Waals surface area contributed by atoms with Crippen molar-refractivity contribution in [2.45, 2.75) is 211 Å². The first-order chi connectivity index (χ1) is 23.8. The molecule has 6 N–H and O–H groups in total. The van der Waals surface area contributed by atoms with Gasteiger partial charge in [0.05, 0.1) is 25.4 Å². The van der Waals surface area contributed by atoms with Crippen LogP contribution in [0.4, 0.5) is 0 Å². The smallest absolute Gasteiger partial charge is 0.220 e. The molecule has 0 aliphatic carbocycles. The van der Waals surface area contributed by atoms with E-state index in [1.807, 2.05) is 6.08 Å². The molecule has 1 aliphatic heterocycles.